The molecule has 1 aliphatic rings. The van der Waals surface area contributed by atoms with Crippen LogP contribution in [0, 0.1) is 24.0 Å². The van der Waals surface area contributed by atoms with Crippen molar-refractivity contribution in [2.24, 2.45) is 0 Å². The number of likely N-dealkylation sites (tertiary alicyclic amines) is 1. The second-order valence-electron chi connectivity index (χ2n) is 9.13. The molecule has 9 heteroatoms. The molecule has 192 valence electrons. The molecule has 1 aliphatic heterocycles. The molecule has 3 heterocycles. The molecule has 0 radical (unpaired) electrons. The minimum Gasteiger partial charge on any atom is -0.467 e. The lowest BCUT2D eigenvalue weighted by molar-refractivity contribution is -0.126. The first-order valence-corrected chi connectivity index (χ1v) is 12.0. The second kappa shape index (κ2) is 9.71. The van der Waals surface area contributed by atoms with E-state index in [9.17, 15) is 9.18 Å². The number of aromatic nitrogens is 3. The third-order valence-corrected chi connectivity index (χ3v) is 7.22. The fourth-order valence-electron chi connectivity index (χ4n) is 5.29. The zero-order chi connectivity index (χ0) is 27.1. The number of carbonyl (C=O) groups is 1. The van der Waals surface area contributed by atoms with E-state index in [0.29, 0.717) is 40.5 Å². The van der Waals surface area contributed by atoms with Gasteiger partial charge in [-0.25, -0.2) is 8.78 Å². The zero-order valence-corrected chi connectivity index (χ0v) is 21.2. The molecule has 0 saturated carbocycles. The van der Waals surface area contributed by atoms with Crippen LogP contribution >= 0.6 is 0 Å². The summed E-state index contributed by atoms with van der Waals surface area (Å²) < 4.78 is 36.1. The molecule has 1 unspecified atom stereocenters. The number of nitrogens with zero attached hydrogens (tertiary/aromatic N) is 5. The number of hydrogen-bond donors (Lipinski definition) is 0. The smallest absolute Gasteiger partial charge is 0.318 e. The highest BCUT2D eigenvalue weighted by molar-refractivity contribution is 6.02. The van der Waals surface area contributed by atoms with E-state index in [2.05, 4.69) is 27.5 Å². The van der Waals surface area contributed by atoms with Gasteiger partial charge in [-0.15, -0.1) is 6.42 Å². The summed E-state index contributed by atoms with van der Waals surface area (Å²) >= 11 is 0. The molecule has 1 amide bonds. The molecule has 38 heavy (non-hydrogen) atoms. The number of hydrogen-bond acceptors (Lipinski definition) is 6. The summed E-state index contributed by atoms with van der Waals surface area (Å²) in [5.41, 5.74) is 0.374. The lowest BCUT2D eigenvalue weighted by atomic mass is 9.96. The van der Waals surface area contributed by atoms with E-state index in [1.54, 1.807) is 29.2 Å². The Hall–Kier alpha value is -4.58. The summed E-state index contributed by atoms with van der Waals surface area (Å²) in [6.45, 7) is 6.10. The van der Waals surface area contributed by atoms with Crippen molar-refractivity contribution in [2.45, 2.75) is 25.4 Å². The Balaban J connectivity index is 1.68. The number of pyridine rings is 1. The molecule has 0 bridgehead atoms. The Bertz CT molecular complexity index is 1650. The van der Waals surface area contributed by atoms with Gasteiger partial charge in [0.15, 0.2) is 5.82 Å². The number of terminal acetylenes is 1. The number of rotatable bonds is 5. The Morgan fingerprint density at radius 2 is 2.08 bits per heavy atom. The molecule has 0 aliphatic carbocycles. The van der Waals surface area contributed by atoms with Gasteiger partial charge in [-0.2, -0.15) is 9.97 Å². The third-order valence-electron chi connectivity index (χ3n) is 7.22. The van der Waals surface area contributed by atoms with E-state index in [0.717, 1.165) is 0 Å². The molecule has 1 saturated heterocycles. The number of amides is 1. The summed E-state index contributed by atoms with van der Waals surface area (Å²) in [6, 6.07) is 7.80. The van der Waals surface area contributed by atoms with Gasteiger partial charge in [0, 0.05) is 36.8 Å². The molecule has 1 fully saturated rings. The van der Waals surface area contributed by atoms with Gasteiger partial charge >= 0.3 is 6.01 Å². The van der Waals surface area contributed by atoms with Crippen LogP contribution in [0.2, 0.25) is 0 Å². The van der Waals surface area contributed by atoms with Crippen LogP contribution in [-0.4, -0.2) is 58.5 Å². The monoisotopic (exact) mass is 513 g/mol. The predicted molar refractivity (Wildman–Crippen MR) is 143 cm³/mol. The Morgan fingerprint density at radius 1 is 1.29 bits per heavy atom. The highest BCUT2D eigenvalue weighted by Gasteiger charge is 2.36. The Kier molecular flexibility index (Phi) is 6.41. The van der Waals surface area contributed by atoms with Crippen molar-refractivity contribution in [2.75, 3.05) is 25.6 Å². The van der Waals surface area contributed by atoms with Gasteiger partial charge in [-0.05, 0) is 30.9 Å². The Morgan fingerprint density at radius 3 is 2.79 bits per heavy atom. The first kappa shape index (κ1) is 25.1. The highest BCUT2D eigenvalue weighted by Crippen LogP contribution is 2.37. The number of carbonyl (C=O) groups excluding carboxylic acids is 1. The second-order valence-corrected chi connectivity index (χ2v) is 9.13. The van der Waals surface area contributed by atoms with E-state index in [1.165, 1.54) is 25.4 Å². The van der Waals surface area contributed by atoms with Crippen molar-refractivity contribution in [1.82, 2.24) is 19.9 Å². The molecule has 7 nitrogen and oxygen atoms in total. The Labute approximate surface area is 218 Å². The number of benzene rings is 2. The van der Waals surface area contributed by atoms with Gasteiger partial charge in [0.1, 0.15) is 22.8 Å². The topological polar surface area (TPSA) is 71.5 Å². The van der Waals surface area contributed by atoms with Crippen molar-refractivity contribution >= 4 is 33.4 Å². The van der Waals surface area contributed by atoms with Crippen LogP contribution in [-0.2, 0) is 4.79 Å². The van der Waals surface area contributed by atoms with E-state index < -0.39 is 11.6 Å². The van der Waals surface area contributed by atoms with Gasteiger partial charge in [-0.1, -0.05) is 36.8 Å². The summed E-state index contributed by atoms with van der Waals surface area (Å²) in [5, 5.41) is 1.43. The third kappa shape index (κ3) is 3.89. The maximum atomic E-state index is 16.2. The predicted octanol–water partition coefficient (Wildman–Crippen LogP) is 4.72. The summed E-state index contributed by atoms with van der Waals surface area (Å²) in [6.07, 6.45) is 9.10. The molecular formula is C29H25F2N5O2. The van der Waals surface area contributed by atoms with Gasteiger partial charge in [-0.3, -0.25) is 9.78 Å². The van der Waals surface area contributed by atoms with Crippen molar-refractivity contribution in [3.8, 4) is 29.6 Å². The number of anilines is 1. The van der Waals surface area contributed by atoms with E-state index in [-0.39, 0.29) is 40.8 Å². The molecule has 4 aromatic rings. The first-order chi connectivity index (χ1) is 18.3. The summed E-state index contributed by atoms with van der Waals surface area (Å²) in [4.78, 5) is 29.2. The van der Waals surface area contributed by atoms with Crippen LogP contribution in [0.4, 0.5) is 14.6 Å². The van der Waals surface area contributed by atoms with Gasteiger partial charge in [0.25, 0.3) is 0 Å². The number of ether oxygens (including phenoxy) is 1. The van der Waals surface area contributed by atoms with Crippen LogP contribution in [0.1, 0.15) is 18.9 Å². The summed E-state index contributed by atoms with van der Waals surface area (Å²) in [7, 11) is 3.24. The van der Waals surface area contributed by atoms with E-state index in [4.69, 9.17) is 11.2 Å². The maximum absolute atomic E-state index is 16.2. The minimum atomic E-state index is -0.708. The zero-order valence-electron chi connectivity index (χ0n) is 21.2. The fourth-order valence-corrected chi connectivity index (χ4v) is 5.29. The average molecular weight is 514 g/mol. The largest absolute Gasteiger partial charge is 0.467 e. The van der Waals surface area contributed by atoms with Crippen molar-refractivity contribution in [1.29, 1.82) is 0 Å². The fraction of sp³-hybridized carbons (Fsp3) is 0.241. The molecular weight excluding hydrogens is 488 g/mol. The summed E-state index contributed by atoms with van der Waals surface area (Å²) in [5.74, 6) is 1.38. The molecule has 0 spiro atoms. The van der Waals surface area contributed by atoms with Crippen molar-refractivity contribution in [3.63, 3.8) is 0 Å². The molecule has 2 aromatic heterocycles. The minimum absolute atomic E-state index is 0.00374. The van der Waals surface area contributed by atoms with Gasteiger partial charge in [0.05, 0.1) is 24.1 Å². The van der Waals surface area contributed by atoms with Crippen LogP contribution in [0.15, 0.2) is 49.2 Å². The number of fused-ring (bicyclic) bond motifs is 2. The standard InChI is InChI=1S/C29H25F2N5O2/c1-6-18-21(30)12-11-17-9-8-10-19(24(17)18)26-25(31)27-20(15-32-26)28(34-29(33-27)38-5)35(4)22-13-14-36(16(22)3)23(37)7-2/h1,7-12,15-16,22H,2,13-14H2,3-5H3/t16-,22?/m1/s1. The first-order valence-electron chi connectivity index (χ1n) is 12.0. The lowest BCUT2D eigenvalue weighted by Gasteiger charge is -2.31. The number of halogens is 2. The average Bonchev–Trinajstić information content (AvgIpc) is 3.32. The molecule has 0 N–H and O–H groups in total. The number of methoxy groups -OCH3 is 1. The van der Waals surface area contributed by atoms with Crippen LogP contribution in [0.25, 0.3) is 32.9 Å². The van der Waals surface area contributed by atoms with Crippen molar-refractivity contribution < 1.29 is 18.3 Å². The normalized spacial score (nSPS) is 17.0. The van der Waals surface area contributed by atoms with E-state index in [1.807, 2.05) is 18.9 Å². The lowest BCUT2D eigenvalue weighted by Crippen LogP contribution is -2.43. The van der Waals surface area contributed by atoms with Crippen LogP contribution < -0.4 is 9.64 Å². The van der Waals surface area contributed by atoms with E-state index >= 15 is 4.39 Å². The van der Waals surface area contributed by atoms with Gasteiger partial charge < -0.3 is 14.5 Å². The maximum Gasteiger partial charge on any atom is 0.318 e. The quantitative estimate of drug-likeness (QED) is 0.284. The van der Waals surface area contributed by atoms with Gasteiger partial charge in [0.2, 0.25) is 5.91 Å². The van der Waals surface area contributed by atoms with Crippen LogP contribution in [0.3, 0.4) is 0 Å². The number of likely N-dealkylation sites (N-methyl/N-ethyl adjacent to an activating group) is 1. The SMILES string of the molecule is C#Cc1c(F)ccc2cccc(-c3ncc4c(N(C)C5CCN(C(=O)C=C)[C@@H]5C)nc(OC)nc4c3F)c12. The highest BCUT2D eigenvalue weighted by atomic mass is 19.1. The molecule has 5 rings (SSSR count). The van der Waals surface area contributed by atoms with Crippen LogP contribution in [0.5, 0.6) is 6.01 Å². The molecule has 2 atom stereocenters. The van der Waals surface area contributed by atoms with Crippen molar-refractivity contribution in [3.05, 3.63) is 66.4 Å². The molecule has 2 aromatic carbocycles.